The molecule has 0 rings (SSSR count). The van der Waals surface area contributed by atoms with Crippen molar-refractivity contribution in [3.63, 3.8) is 0 Å². The highest BCUT2D eigenvalue weighted by Crippen LogP contribution is 2.16. The zero-order valence-electron chi connectivity index (χ0n) is 12.0. The van der Waals surface area contributed by atoms with Crippen molar-refractivity contribution in [1.82, 2.24) is 9.80 Å². The van der Waals surface area contributed by atoms with Crippen molar-refractivity contribution < 1.29 is 19.8 Å². The smallest absolute Gasteiger partial charge is 0.329 e. The minimum Gasteiger partial charge on any atom is -0.480 e. The maximum absolute atomic E-state index is 12.2. The van der Waals surface area contributed by atoms with Crippen LogP contribution in [-0.4, -0.2) is 63.3 Å². The van der Waals surface area contributed by atoms with Crippen LogP contribution in [-0.2, 0) is 4.79 Å². The van der Waals surface area contributed by atoms with Gasteiger partial charge in [0.25, 0.3) is 0 Å². The third kappa shape index (κ3) is 4.18. The number of carboxylic acid groups (broad SMARTS) is 1. The number of hydrogen-bond donors (Lipinski definition) is 2. The molecule has 0 aromatic carbocycles. The molecule has 6 heteroatoms. The summed E-state index contributed by atoms with van der Waals surface area (Å²) in [5.41, 5.74) is -2.30. The molecule has 0 unspecified atom stereocenters. The summed E-state index contributed by atoms with van der Waals surface area (Å²) in [6, 6.07) is -0.410. The van der Waals surface area contributed by atoms with Crippen LogP contribution in [0.25, 0.3) is 0 Å². The topological polar surface area (TPSA) is 81.1 Å². The van der Waals surface area contributed by atoms with E-state index >= 15 is 0 Å². The summed E-state index contributed by atoms with van der Waals surface area (Å²) in [6.07, 6.45) is 0. The Morgan fingerprint density at radius 3 is 1.89 bits per heavy atom. The first-order valence-corrected chi connectivity index (χ1v) is 5.92. The number of amides is 2. The molecule has 2 amide bonds. The molecular formula is C12H24N2O4. The Morgan fingerprint density at radius 2 is 1.61 bits per heavy atom. The van der Waals surface area contributed by atoms with E-state index in [9.17, 15) is 14.7 Å². The summed E-state index contributed by atoms with van der Waals surface area (Å²) in [5.74, 6) is -1.07. The zero-order valence-corrected chi connectivity index (χ0v) is 12.0. The molecule has 0 aromatic heterocycles. The molecule has 2 N–H and O–H groups in total. The maximum atomic E-state index is 12.2. The fraction of sp³-hybridized carbons (Fsp3) is 0.833. The molecule has 0 fully saturated rings. The number of likely N-dealkylation sites (N-methyl/N-ethyl adjacent to an activating group) is 2. The van der Waals surface area contributed by atoms with Crippen molar-refractivity contribution in [2.24, 2.45) is 0 Å². The lowest BCUT2D eigenvalue weighted by Crippen LogP contribution is -2.56. The van der Waals surface area contributed by atoms with Crippen LogP contribution < -0.4 is 0 Å². The predicted molar refractivity (Wildman–Crippen MR) is 68.4 cm³/mol. The van der Waals surface area contributed by atoms with Crippen molar-refractivity contribution in [2.75, 3.05) is 20.1 Å². The van der Waals surface area contributed by atoms with Crippen molar-refractivity contribution in [3.8, 4) is 0 Å². The number of rotatable bonds is 5. The van der Waals surface area contributed by atoms with Gasteiger partial charge in [-0.1, -0.05) is 0 Å². The largest absolute Gasteiger partial charge is 0.480 e. The second-order valence-corrected chi connectivity index (χ2v) is 5.53. The van der Waals surface area contributed by atoms with Crippen molar-refractivity contribution in [3.05, 3.63) is 0 Å². The van der Waals surface area contributed by atoms with Crippen LogP contribution in [0.3, 0.4) is 0 Å². The monoisotopic (exact) mass is 260 g/mol. The third-order valence-electron chi connectivity index (χ3n) is 2.88. The lowest BCUT2D eigenvalue weighted by atomic mass is 10.0. The highest BCUT2D eigenvalue weighted by Gasteiger charge is 2.37. The van der Waals surface area contributed by atoms with E-state index in [4.69, 9.17) is 5.11 Å². The van der Waals surface area contributed by atoms with Crippen LogP contribution in [0.4, 0.5) is 4.79 Å². The minimum absolute atomic E-state index is 0.155. The van der Waals surface area contributed by atoms with Gasteiger partial charge in [0, 0.05) is 13.6 Å². The first-order chi connectivity index (χ1) is 7.93. The summed E-state index contributed by atoms with van der Waals surface area (Å²) in [6.45, 7) is 8.48. The van der Waals surface area contributed by atoms with Crippen LogP contribution in [0.2, 0.25) is 0 Å². The Hall–Kier alpha value is -1.30. The van der Waals surface area contributed by atoms with Crippen LogP contribution >= 0.6 is 0 Å². The molecule has 0 radical (unpaired) electrons. The lowest BCUT2D eigenvalue weighted by molar-refractivity contribution is -0.147. The summed E-state index contributed by atoms with van der Waals surface area (Å²) in [4.78, 5) is 25.9. The van der Waals surface area contributed by atoms with E-state index in [0.717, 1.165) is 0 Å². The SMILES string of the molecule is CCN(CC(C)(C)O)C(=O)N(C)C(C)(C)C(=O)O. The fourth-order valence-corrected chi connectivity index (χ4v) is 1.38. The van der Waals surface area contributed by atoms with Crippen molar-refractivity contribution in [2.45, 2.75) is 45.8 Å². The van der Waals surface area contributed by atoms with E-state index in [-0.39, 0.29) is 6.54 Å². The summed E-state index contributed by atoms with van der Waals surface area (Å²) < 4.78 is 0. The van der Waals surface area contributed by atoms with Gasteiger partial charge in [0.1, 0.15) is 5.54 Å². The molecule has 0 spiro atoms. The van der Waals surface area contributed by atoms with E-state index in [1.54, 1.807) is 20.8 Å². The molecular weight excluding hydrogens is 236 g/mol. The van der Waals surface area contributed by atoms with E-state index in [1.807, 2.05) is 0 Å². The highest BCUT2D eigenvalue weighted by atomic mass is 16.4. The van der Waals surface area contributed by atoms with Gasteiger partial charge >= 0.3 is 12.0 Å². The van der Waals surface area contributed by atoms with Crippen molar-refractivity contribution >= 4 is 12.0 Å². The summed E-state index contributed by atoms with van der Waals surface area (Å²) in [7, 11) is 1.45. The Labute approximate surface area is 108 Å². The molecule has 0 aliphatic rings. The van der Waals surface area contributed by atoms with E-state index in [2.05, 4.69) is 0 Å². The number of aliphatic hydroxyl groups is 1. The summed E-state index contributed by atoms with van der Waals surface area (Å²) in [5, 5.41) is 18.8. The van der Waals surface area contributed by atoms with Crippen molar-refractivity contribution in [1.29, 1.82) is 0 Å². The van der Waals surface area contributed by atoms with Crippen LogP contribution in [0, 0.1) is 0 Å². The second kappa shape index (κ2) is 5.56. The van der Waals surface area contributed by atoms with Gasteiger partial charge < -0.3 is 20.0 Å². The number of aliphatic carboxylic acids is 1. The molecule has 0 bridgehead atoms. The molecule has 0 aromatic rings. The van der Waals surface area contributed by atoms with Gasteiger partial charge in [0.05, 0.1) is 12.1 Å². The van der Waals surface area contributed by atoms with E-state index < -0.39 is 23.1 Å². The van der Waals surface area contributed by atoms with Gasteiger partial charge in [-0.2, -0.15) is 0 Å². The predicted octanol–water partition coefficient (Wildman–Crippen LogP) is 0.994. The fourth-order valence-electron chi connectivity index (χ4n) is 1.38. The molecule has 0 aliphatic carbocycles. The van der Waals surface area contributed by atoms with Gasteiger partial charge in [-0.3, -0.25) is 0 Å². The van der Waals surface area contributed by atoms with Gasteiger partial charge in [0.15, 0.2) is 0 Å². The van der Waals surface area contributed by atoms with Gasteiger partial charge in [-0.25, -0.2) is 9.59 Å². The van der Waals surface area contributed by atoms with Gasteiger partial charge in [0.2, 0.25) is 0 Å². The number of hydrogen-bond acceptors (Lipinski definition) is 3. The zero-order chi connectivity index (χ0) is 14.7. The number of carboxylic acids is 1. The van der Waals surface area contributed by atoms with Gasteiger partial charge in [-0.15, -0.1) is 0 Å². The standard InChI is InChI=1S/C12H24N2O4/c1-7-14(8-11(2,3)18)10(17)13(6)12(4,5)9(15)16/h18H,7-8H2,1-6H3,(H,15,16). The second-order valence-electron chi connectivity index (χ2n) is 5.53. The van der Waals surface area contributed by atoms with E-state index in [0.29, 0.717) is 6.54 Å². The molecule has 0 atom stereocenters. The van der Waals surface area contributed by atoms with Crippen LogP contribution in [0.5, 0.6) is 0 Å². The lowest BCUT2D eigenvalue weighted by Gasteiger charge is -2.37. The average Bonchev–Trinajstić information content (AvgIpc) is 2.22. The summed E-state index contributed by atoms with van der Waals surface area (Å²) >= 11 is 0. The number of urea groups is 1. The highest BCUT2D eigenvalue weighted by molar-refractivity contribution is 5.85. The van der Waals surface area contributed by atoms with Crippen LogP contribution in [0.1, 0.15) is 34.6 Å². The Kier molecular flexibility index (Phi) is 5.16. The number of nitrogens with zero attached hydrogens (tertiary/aromatic N) is 2. The Morgan fingerprint density at radius 1 is 1.17 bits per heavy atom. The molecule has 0 heterocycles. The first-order valence-electron chi connectivity index (χ1n) is 5.92. The third-order valence-corrected chi connectivity index (χ3v) is 2.88. The average molecular weight is 260 g/mol. The molecule has 0 saturated heterocycles. The normalized spacial score (nSPS) is 12.2. The number of carbonyl (C=O) groups excluding carboxylic acids is 1. The number of carbonyl (C=O) groups is 2. The first kappa shape index (κ1) is 16.7. The van der Waals surface area contributed by atoms with E-state index in [1.165, 1.54) is 30.7 Å². The van der Waals surface area contributed by atoms with Gasteiger partial charge in [-0.05, 0) is 34.6 Å². The minimum atomic E-state index is -1.29. The Bertz CT molecular complexity index is 321. The van der Waals surface area contributed by atoms with Crippen LogP contribution in [0.15, 0.2) is 0 Å². The molecule has 18 heavy (non-hydrogen) atoms. The quantitative estimate of drug-likeness (QED) is 0.772. The molecule has 0 saturated carbocycles. The Balaban J connectivity index is 4.96. The maximum Gasteiger partial charge on any atom is 0.329 e. The molecule has 106 valence electrons. The molecule has 0 aliphatic heterocycles. The molecule has 6 nitrogen and oxygen atoms in total.